The molecule has 11 heteroatoms. The van der Waals surface area contributed by atoms with E-state index >= 15 is 4.39 Å². The van der Waals surface area contributed by atoms with Gasteiger partial charge in [0.25, 0.3) is 5.91 Å². The Balaban J connectivity index is 1.75. The van der Waals surface area contributed by atoms with Crippen molar-refractivity contribution in [3.05, 3.63) is 47.2 Å². The van der Waals surface area contributed by atoms with Gasteiger partial charge in [0, 0.05) is 24.8 Å². The molecule has 1 N–H and O–H groups in total. The number of pyridine rings is 1. The maximum Gasteiger partial charge on any atom is 0.388 e. The van der Waals surface area contributed by atoms with Crippen LogP contribution in [0.1, 0.15) is 49.5 Å². The maximum atomic E-state index is 15.1. The van der Waals surface area contributed by atoms with Crippen molar-refractivity contribution >= 4 is 23.2 Å². The number of hydrogen-bond acceptors (Lipinski definition) is 5. The molecule has 34 heavy (non-hydrogen) atoms. The molecular formula is C23H23F4N3O4. The number of nitrogens with one attached hydrogen (secondary N) is 1. The highest BCUT2D eigenvalue weighted by atomic mass is 19.3. The molecule has 2 aromatic rings. The normalized spacial score (nSPS) is 18.7. The minimum atomic E-state index is -3.21. The van der Waals surface area contributed by atoms with E-state index < -0.39 is 52.6 Å². The van der Waals surface area contributed by atoms with Crippen LogP contribution in [0.3, 0.4) is 0 Å². The van der Waals surface area contributed by atoms with E-state index in [1.165, 1.54) is 6.07 Å². The van der Waals surface area contributed by atoms with E-state index in [2.05, 4.69) is 15.0 Å². The van der Waals surface area contributed by atoms with Crippen LogP contribution in [0.15, 0.2) is 24.4 Å². The number of fused-ring (bicyclic) bond motifs is 1. The van der Waals surface area contributed by atoms with E-state index in [-0.39, 0.29) is 16.8 Å². The Morgan fingerprint density at radius 3 is 2.44 bits per heavy atom. The molecule has 0 unspecified atom stereocenters. The van der Waals surface area contributed by atoms with Gasteiger partial charge in [-0.2, -0.15) is 8.78 Å². The summed E-state index contributed by atoms with van der Waals surface area (Å²) in [5.41, 5.74) is -2.23. The Morgan fingerprint density at radius 1 is 1.12 bits per heavy atom. The average molecular weight is 481 g/mol. The molecule has 2 aliphatic heterocycles. The topological polar surface area (TPSA) is 80.8 Å². The van der Waals surface area contributed by atoms with Crippen molar-refractivity contribution in [3.8, 4) is 5.88 Å². The number of carbonyl (C=O) groups excluding carboxylic acids is 2. The molecule has 1 aromatic carbocycles. The Kier molecular flexibility index (Phi) is 6.01. The number of halogens is 4. The van der Waals surface area contributed by atoms with E-state index in [0.717, 1.165) is 17.0 Å². The highest BCUT2D eigenvalue weighted by Gasteiger charge is 2.46. The number of anilines is 2. The van der Waals surface area contributed by atoms with Gasteiger partial charge in [0.15, 0.2) is 5.82 Å². The summed E-state index contributed by atoms with van der Waals surface area (Å²) in [7, 11) is 0. The zero-order chi connectivity index (χ0) is 24.8. The fourth-order valence-electron chi connectivity index (χ4n) is 4.19. The van der Waals surface area contributed by atoms with Crippen molar-refractivity contribution in [3.63, 3.8) is 0 Å². The third-order valence-electron chi connectivity index (χ3n) is 6.25. The van der Waals surface area contributed by atoms with Crippen LogP contribution in [0.25, 0.3) is 0 Å². The van der Waals surface area contributed by atoms with Crippen molar-refractivity contribution in [1.82, 2.24) is 10.3 Å². The van der Waals surface area contributed by atoms with Gasteiger partial charge < -0.3 is 14.8 Å². The minimum Gasteiger partial charge on any atom is -0.417 e. The van der Waals surface area contributed by atoms with Gasteiger partial charge >= 0.3 is 6.61 Å². The van der Waals surface area contributed by atoms with Gasteiger partial charge in [0.2, 0.25) is 11.8 Å². The highest BCUT2D eigenvalue weighted by Crippen LogP contribution is 2.47. The number of rotatable bonds is 5. The lowest BCUT2D eigenvalue weighted by Crippen LogP contribution is -2.49. The largest absolute Gasteiger partial charge is 0.417 e. The second kappa shape index (κ2) is 8.53. The third-order valence-corrected chi connectivity index (χ3v) is 6.25. The summed E-state index contributed by atoms with van der Waals surface area (Å²) in [4.78, 5) is 30.5. The van der Waals surface area contributed by atoms with Crippen molar-refractivity contribution in [1.29, 1.82) is 0 Å². The predicted molar refractivity (Wildman–Crippen MR) is 113 cm³/mol. The van der Waals surface area contributed by atoms with E-state index in [9.17, 15) is 22.8 Å². The molecule has 7 nitrogen and oxygen atoms in total. The van der Waals surface area contributed by atoms with Gasteiger partial charge in [-0.1, -0.05) is 0 Å². The van der Waals surface area contributed by atoms with Gasteiger partial charge in [0.05, 0.1) is 28.6 Å². The lowest BCUT2D eigenvalue weighted by atomic mass is 9.85. The van der Waals surface area contributed by atoms with Crippen molar-refractivity contribution in [2.45, 2.75) is 51.2 Å². The second-order valence-corrected chi connectivity index (χ2v) is 9.09. The first-order valence-electron chi connectivity index (χ1n) is 10.6. The zero-order valence-corrected chi connectivity index (χ0v) is 18.8. The van der Waals surface area contributed by atoms with Gasteiger partial charge in [-0.25, -0.2) is 13.8 Å². The average Bonchev–Trinajstić information content (AvgIpc) is 2.93. The SMILES string of the molecule is CC1(NC(=O)c2cc3c(cc2F)N(c2cc(OC(F)F)ncc2F)C(=O)C3(C)C)CCOCC1. The van der Waals surface area contributed by atoms with Crippen LogP contribution in [-0.4, -0.2) is 42.2 Å². The van der Waals surface area contributed by atoms with Gasteiger partial charge in [-0.15, -0.1) is 0 Å². The molecule has 0 atom stereocenters. The van der Waals surface area contributed by atoms with Crippen LogP contribution < -0.4 is 15.0 Å². The van der Waals surface area contributed by atoms with Gasteiger partial charge in [-0.3, -0.25) is 14.5 Å². The Hall–Kier alpha value is -3.21. The summed E-state index contributed by atoms with van der Waals surface area (Å²) in [6.45, 7) is 2.66. The van der Waals surface area contributed by atoms with E-state index in [1.54, 1.807) is 13.8 Å². The summed E-state index contributed by atoms with van der Waals surface area (Å²) in [6.07, 6.45) is 1.76. The number of hydrogen-bond donors (Lipinski definition) is 1. The first-order chi connectivity index (χ1) is 15.9. The predicted octanol–water partition coefficient (Wildman–Crippen LogP) is 4.22. The summed E-state index contributed by atoms with van der Waals surface area (Å²) >= 11 is 0. The fraction of sp³-hybridized carbons (Fsp3) is 0.435. The maximum absolute atomic E-state index is 15.1. The van der Waals surface area contributed by atoms with E-state index in [1.807, 2.05) is 6.92 Å². The fourth-order valence-corrected chi connectivity index (χ4v) is 4.19. The molecule has 2 aliphatic rings. The number of ether oxygens (including phenoxy) is 2. The number of alkyl halides is 2. The highest BCUT2D eigenvalue weighted by molar-refractivity contribution is 6.13. The molecule has 0 bridgehead atoms. The molecule has 182 valence electrons. The van der Waals surface area contributed by atoms with Crippen LogP contribution in [-0.2, 0) is 14.9 Å². The number of benzene rings is 1. The van der Waals surface area contributed by atoms with E-state index in [4.69, 9.17) is 4.74 Å². The quantitative estimate of drug-likeness (QED) is 0.647. The molecular weight excluding hydrogens is 458 g/mol. The van der Waals surface area contributed by atoms with Crippen LogP contribution in [0.5, 0.6) is 5.88 Å². The molecule has 0 spiro atoms. The van der Waals surface area contributed by atoms with Crippen LogP contribution in [0.4, 0.5) is 28.9 Å². The summed E-state index contributed by atoms with van der Waals surface area (Å²) < 4.78 is 64.5. The van der Waals surface area contributed by atoms with E-state index in [0.29, 0.717) is 32.3 Å². The lowest BCUT2D eigenvalue weighted by Gasteiger charge is -2.34. The van der Waals surface area contributed by atoms with Crippen molar-refractivity contribution < 1.29 is 36.6 Å². The van der Waals surface area contributed by atoms with Crippen LogP contribution in [0, 0.1) is 11.6 Å². The standard InChI is InChI=1S/C23H23F4N3O4/c1-22(2)13-8-12(19(31)29-23(3)4-6-33-7-5-23)14(24)9-16(13)30(20(22)32)17-10-18(34-21(26)27)28-11-15(17)25/h8-11,21H,4-7H2,1-3H3,(H,29,31). The Morgan fingerprint density at radius 2 is 1.79 bits per heavy atom. The second-order valence-electron chi connectivity index (χ2n) is 9.09. The molecule has 0 radical (unpaired) electrons. The Bertz CT molecular complexity index is 1150. The lowest BCUT2D eigenvalue weighted by molar-refractivity contribution is -0.121. The molecule has 0 aliphatic carbocycles. The van der Waals surface area contributed by atoms with Crippen LogP contribution in [0.2, 0.25) is 0 Å². The molecule has 3 heterocycles. The van der Waals surface area contributed by atoms with Gasteiger partial charge in [-0.05, 0) is 51.3 Å². The van der Waals surface area contributed by atoms with Crippen molar-refractivity contribution in [2.75, 3.05) is 18.1 Å². The number of amides is 2. The van der Waals surface area contributed by atoms with Gasteiger partial charge in [0.1, 0.15) is 5.82 Å². The monoisotopic (exact) mass is 481 g/mol. The molecule has 1 saturated heterocycles. The summed E-state index contributed by atoms with van der Waals surface area (Å²) in [5.74, 6) is -3.79. The smallest absolute Gasteiger partial charge is 0.388 e. The first-order valence-corrected chi connectivity index (χ1v) is 10.6. The summed E-state index contributed by atoms with van der Waals surface area (Å²) in [5, 5.41) is 2.85. The molecule has 0 saturated carbocycles. The minimum absolute atomic E-state index is 0.00516. The number of carbonyl (C=O) groups is 2. The first kappa shape index (κ1) is 23.9. The molecule has 1 fully saturated rings. The molecule has 1 aromatic heterocycles. The van der Waals surface area contributed by atoms with Crippen molar-refractivity contribution in [2.24, 2.45) is 0 Å². The van der Waals surface area contributed by atoms with Crippen LogP contribution >= 0.6 is 0 Å². The number of nitrogens with zero attached hydrogens (tertiary/aromatic N) is 2. The molecule has 2 amide bonds. The zero-order valence-electron chi connectivity index (χ0n) is 18.8. The Labute approximate surface area is 193 Å². The summed E-state index contributed by atoms with van der Waals surface area (Å²) in [6, 6.07) is 3.09. The third kappa shape index (κ3) is 4.20. The molecule has 4 rings (SSSR count). The number of aromatic nitrogens is 1.